The van der Waals surface area contributed by atoms with Crippen LogP contribution in [0.5, 0.6) is 0 Å². The predicted octanol–water partition coefficient (Wildman–Crippen LogP) is 5.24. The van der Waals surface area contributed by atoms with E-state index < -0.39 is 9.05 Å². The first-order valence-electron chi connectivity index (χ1n) is 11.7. The van der Waals surface area contributed by atoms with E-state index in [4.69, 9.17) is 20.4 Å². The Labute approximate surface area is 199 Å². The normalized spacial score (nSPS) is 27.2. The van der Waals surface area contributed by atoms with Crippen LogP contribution in [0.4, 0.5) is 0 Å². The van der Waals surface area contributed by atoms with Gasteiger partial charge in [0.25, 0.3) is 9.05 Å². The monoisotopic (exact) mass is 485 g/mol. The summed E-state index contributed by atoms with van der Waals surface area (Å²) in [6.07, 6.45) is 6.74. The number of allylic oxidation sites excluding steroid dienone is 2. The number of hydrogen-bond acceptors (Lipinski definition) is 5. The second-order valence-electron chi connectivity index (χ2n) is 9.71. The Morgan fingerprint density at radius 1 is 1.27 bits per heavy atom. The lowest BCUT2D eigenvalue weighted by Gasteiger charge is -2.53. The van der Waals surface area contributed by atoms with E-state index in [0.29, 0.717) is 6.61 Å². The highest BCUT2D eigenvalue weighted by atomic mass is 35.7. The van der Waals surface area contributed by atoms with Crippen molar-refractivity contribution < 1.29 is 13.2 Å². The van der Waals surface area contributed by atoms with Crippen LogP contribution < -0.4 is 0 Å². The molecule has 2 aromatic rings. The molecule has 5 heterocycles. The maximum Gasteiger partial charge on any atom is 0.261 e. The molecular weight excluding hydrogens is 458 g/mol. The zero-order valence-corrected chi connectivity index (χ0v) is 20.8. The Morgan fingerprint density at radius 2 is 2.09 bits per heavy atom. The molecule has 2 atom stereocenters. The van der Waals surface area contributed by atoms with E-state index >= 15 is 0 Å². The van der Waals surface area contributed by atoms with E-state index in [0.717, 1.165) is 66.1 Å². The molecule has 4 aliphatic heterocycles. The summed E-state index contributed by atoms with van der Waals surface area (Å²) in [6, 6.07) is 5.59. The molecule has 8 heteroatoms. The smallest absolute Gasteiger partial charge is 0.261 e. The van der Waals surface area contributed by atoms with Crippen molar-refractivity contribution in [2.45, 2.75) is 57.4 Å². The van der Waals surface area contributed by atoms with E-state index in [1.807, 2.05) is 19.9 Å². The molecule has 1 aromatic heterocycles. The number of aromatic nitrogens is 1. The fourth-order valence-electron chi connectivity index (χ4n) is 6.40. The Hall–Kier alpha value is -2.09. The molecule has 33 heavy (non-hydrogen) atoms. The van der Waals surface area contributed by atoms with Crippen LogP contribution >= 0.6 is 10.7 Å². The summed E-state index contributed by atoms with van der Waals surface area (Å²) in [5.41, 5.74) is 6.34. The van der Waals surface area contributed by atoms with Gasteiger partial charge in [-0.2, -0.15) is 0 Å². The minimum Gasteiger partial charge on any atom is -0.490 e. The summed E-state index contributed by atoms with van der Waals surface area (Å²) >= 11 is 0. The number of aliphatic imine (C=N–C) groups is 1. The van der Waals surface area contributed by atoms with E-state index in [-0.39, 0.29) is 16.4 Å². The Balaban J connectivity index is 1.71. The molecule has 0 spiro atoms. The molecule has 6 nitrogen and oxygen atoms in total. The lowest BCUT2D eigenvalue weighted by atomic mass is 9.66. The van der Waals surface area contributed by atoms with E-state index in [1.165, 1.54) is 17.7 Å². The van der Waals surface area contributed by atoms with Crippen molar-refractivity contribution in [2.24, 2.45) is 10.4 Å². The van der Waals surface area contributed by atoms with Gasteiger partial charge < -0.3 is 9.30 Å². The summed E-state index contributed by atoms with van der Waals surface area (Å²) in [5.74, 6) is 0.844. The summed E-state index contributed by atoms with van der Waals surface area (Å²) < 4.78 is 32.6. The molecule has 0 saturated carbocycles. The molecule has 0 N–H and O–H groups in total. The van der Waals surface area contributed by atoms with Gasteiger partial charge in [0.2, 0.25) is 0 Å². The predicted molar refractivity (Wildman–Crippen MR) is 131 cm³/mol. The molecule has 1 aromatic carbocycles. The van der Waals surface area contributed by atoms with Gasteiger partial charge in [-0.05, 0) is 63.8 Å². The van der Waals surface area contributed by atoms with Crippen LogP contribution in [0.3, 0.4) is 0 Å². The van der Waals surface area contributed by atoms with Gasteiger partial charge in [-0.1, -0.05) is 19.1 Å². The highest BCUT2D eigenvalue weighted by molar-refractivity contribution is 8.13. The number of nitrogens with zero attached hydrogens (tertiary/aromatic N) is 3. The molecule has 4 aliphatic rings. The van der Waals surface area contributed by atoms with Crippen molar-refractivity contribution in [3.8, 4) is 0 Å². The maximum atomic E-state index is 12.2. The van der Waals surface area contributed by atoms with E-state index in [1.54, 1.807) is 12.1 Å². The number of ether oxygens (including phenoxy) is 1. The number of benzene rings is 1. The minimum atomic E-state index is -3.84. The van der Waals surface area contributed by atoms with Crippen LogP contribution in [0.1, 0.15) is 57.3 Å². The molecule has 1 saturated heterocycles. The molecule has 0 amide bonds. The standard InChI is InChI=1S/C25H28ClN3O3S/c1-4-25-9-5-10-28-11-8-19-18-7-6-17(33(26,30)31)12-21(18)29(23(19)24(25)28)22(13-25)20-14-32-16(3)15(2)27-20/h6-7,12-13,24H,4-5,8-11,14H2,1-3H3/t24?,25-/m0/s1. The fourth-order valence-corrected chi connectivity index (χ4v) is 7.17. The van der Waals surface area contributed by atoms with Gasteiger partial charge >= 0.3 is 0 Å². The van der Waals surface area contributed by atoms with Gasteiger partial charge in [-0.3, -0.25) is 4.90 Å². The molecular formula is C25H28ClN3O3S. The van der Waals surface area contributed by atoms with Gasteiger partial charge in [0.1, 0.15) is 18.1 Å². The lowest BCUT2D eigenvalue weighted by molar-refractivity contribution is 0.0273. The minimum absolute atomic E-state index is 0.0289. The molecule has 0 bridgehead atoms. The van der Waals surface area contributed by atoms with Gasteiger partial charge in [0.15, 0.2) is 0 Å². The summed E-state index contributed by atoms with van der Waals surface area (Å²) in [7, 11) is 1.92. The molecule has 0 aliphatic carbocycles. The van der Waals surface area contributed by atoms with Crippen LogP contribution in [-0.4, -0.2) is 43.3 Å². The number of fused-ring (bicyclic) bond motifs is 3. The number of halogens is 1. The maximum absolute atomic E-state index is 12.2. The summed E-state index contributed by atoms with van der Waals surface area (Å²) in [5, 5.41) is 1.11. The van der Waals surface area contributed by atoms with Gasteiger partial charge in [-0.15, -0.1) is 0 Å². The Morgan fingerprint density at radius 3 is 2.82 bits per heavy atom. The first-order chi connectivity index (χ1) is 15.7. The first-order valence-corrected chi connectivity index (χ1v) is 14.0. The van der Waals surface area contributed by atoms with Crippen LogP contribution in [0.15, 0.2) is 45.6 Å². The van der Waals surface area contributed by atoms with Crippen molar-refractivity contribution in [3.05, 3.63) is 47.0 Å². The molecule has 1 unspecified atom stereocenters. The van der Waals surface area contributed by atoms with Crippen LogP contribution in [-0.2, 0) is 20.2 Å². The highest BCUT2D eigenvalue weighted by Gasteiger charge is 2.50. The van der Waals surface area contributed by atoms with Crippen molar-refractivity contribution >= 4 is 42.0 Å². The number of piperidine rings is 1. The van der Waals surface area contributed by atoms with Crippen LogP contribution in [0.2, 0.25) is 0 Å². The molecule has 0 radical (unpaired) electrons. The SMILES string of the molecule is CC[C@@]12C=C(C3=NC(C)=C(C)OC3)n3c4c(c5ccc(S(=O)(=O)Cl)cc53)CCN(CCC1)C42. The summed E-state index contributed by atoms with van der Waals surface area (Å²) in [6.45, 7) is 8.74. The van der Waals surface area contributed by atoms with Gasteiger partial charge in [0, 0.05) is 33.7 Å². The third kappa shape index (κ3) is 3.01. The van der Waals surface area contributed by atoms with E-state index in [9.17, 15) is 8.42 Å². The first kappa shape index (κ1) is 21.4. The Bertz CT molecular complexity index is 1400. The third-order valence-corrected chi connectivity index (χ3v) is 9.48. The van der Waals surface area contributed by atoms with Crippen LogP contribution in [0, 0.1) is 5.41 Å². The second kappa shape index (κ2) is 7.20. The zero-order chi connectivity index (χ0) is 23.1. The van der Waals surface area contributed by atoms with Gasteiger partial charge in [-0.25, -0.2) is 13.4 Å². The van der Waals surface area contributed by atoms with Crippen molar-refractivity contribution in [2.75, 3.05) is 19.7 Å². The fraction of sp³-hybridized carbons (Fsp3) is 0.480. The highest BCUT2D eigenvalue weighted by Crippen LogP contribution is 2.57. The van der Waals surface area contributed by atoms with Crippen molar-refractivity contribution in [3.63, 3.8) is 0 Å². The largest absolute Gasteiger partial charge is 0.490 e. The second-order valence-corrected chi connectivity index (χ2v) is 12.3. The average Bonchev–Trinajstić information content (AvgIpc) is 3.13. The van der Waals surface area contributed by atoms with Gasteiger partial charge in [0.05, 0.1) is 27.8 Å². The van der Waals surface area contributed by atoms with E-state index in [2.05, 4.69) is 22.5 Å². The zero-order valence-electron chi connectivity index (χ0n) is 19.2. The van der Waals surface area contributed by atoms with Crippen molar-refractivity contribution in [1.29, 1.82) is 0 Å². The molecule has 6 rings (SSSR count). The lowest BCUT2D eigenvalue weighted by Crippen LogP contribution is -2.51. The summed E-state index contributed by atoms with van der Waals surface area (Å²) in [4.78, 5) is 7.70. The van der Waals surface area contributed by atoms with Crippen LogP contribution in [0.25, 0.3) is 16.6 Å². The Kier molecular flexibility index (Phi) is 4.68. The number of hydrogen-bond donors (Lipinski definition) is 0. The topological polar surface area (TPSA) is 63.9 Å². The average molecular weight is 486 g/mol. The quantitative estimate of drug-likeness (QED) is 0.558. The number of rotatable bonds is 3. The molecule has 1 fully saturated rings. The third-order valence-electron chi connectivity index (χ3n) is 8.13. The molecule has 174 valence electrons. The van der Waals surface area contributed by atoms with Crippen molar-refractivity contribution in [1.82, 2.24) is 9.47 Å².